The second kappa shape index (κ2) is 6.52. The van der Waals surface area contributed by atoms with Gasteiger partial charge in [0.1, 0.15) is 0 Å². The minimum absolute atomic E-state index is 0.110. The fourth-order valence-electron chi connectivity index (χ4n) is 3.05. The first-order valence-electron chi connectivity index (χ1n) is 7.99. The third kappa shape index (κ3) is 5.51. The van der Waals surface area contributed by atoms with Crippen LogP contribution in [0.3, 0.4) is 0 Å². The predicted molar refractivity (Wildman–Crippen MR) is 85.3 cm³/mol. The molecule has 0 aromatic carbocycles. The molecule has 0 bridgehead atoms. The highest BCUT2D eigenvalue weighted by Crippen LogP contribution is 2.22. The SMILES string of the molecule is CC1CS(=O)(=O)CCN1CC1CCC(CNC(C)(C)C)O1. The Morgan fingerprint density at radius 2 is 1.90 bits per heavy atom. The summed E-state index contributed by atoms with van der Waals surface area (Å²) in [5.41, 5.74) is 0.122. The lowest BCUT2D eigenvalue weighted by atomic mass is 10.1. The van der Waals surface area contributed by atoms with Gasteiger partial charge in [-0.05, 0) is 40.5 Å². The Balaban J connectivity index is 1.75. The first kappa shape index (κ1) is 17.2. The molecule has 5 nitrogen and oxygen atoms in total. The van der Waals surface area contributed by atoms with Crippen molar-refractivity contribution in [3.63, 3.8) is 0 Å². The zero-order valence-corrected chi connectivity index (χ0v) is 14.6. The van der Waals surface area contributed by atoms with Crippen LogP contribution in [0.25, 0.3) is 0 Å². The first-order valence-corrected chi connectivity index (χ1v) is 9.82. The minimum Gasteiger partial charge on any atom is -0.372 e. The van der Waals surface area contributed by atoms with E-state index in [1.807, 2.05) is 6.92 Å². The molecule has 0 aromatic heterocycles. The number of hydrogen-bond acceptors (Lipinski definition) is 5. The van der Waals surface area contributed by atoms with Crippen LogP contribution in [0.4, 0.5) is 0 Å². The van der Waals surface area contributed by atoms with Gasteiger partial charge in [0.05, 0.1) is 23.7 Å². The highest BCUT2D eigenvalue weighted by atomic mass is 32.2. The third-order valence-corrected chi connectivity index (χ3v) is 6.10. The summed E-state index contributed by atoms with van der Waals surface area (Å²) < 4.78 is 29.3. The van der Waals surface area contributed by atoms with Gasteiger partial charge in [-0.25, -0.2) is 8.42 Å². The fraction of sp³-hybridized carbons (Fsp3) is 1.00. The molecule has 6 heteroatoms. The zero-order valence-electron chi connectivity index (χ0n) is 13.8. The van der Waals surface area contributed by atoms with E-state index >= 15 is 0 Å². The van der Waals surface area contributed by atoms with Crippen molar-refractivity contribution in [2.45, 2.75) is 64.3 Å². The Morgan fingerprint density at radius 3 is 2.52 bits per heavy atom. The smallest absolute Gasteiger partial charge is 0.153 e. The monoisotopic (exact) mass is 318 g/mol. The van der Waals surface area contributed by atoms with Crippen LogP contribution in [0.5, 0.6) is 0 Å². The van der Waals surface area contributed by atoms with Gasteiger partial charge < -0.3 is 10.1 Å². The van der Waals surface area contributed by atoms with E-state index in [1.165, 1.54) is 0 Å². The van der Waals surface area contributed by atoms with Crippen LogP contribution >= 0.6 is 0 Å². The van der Waals surface area contributed by atoms with Crippen molar-refractivity contribution in [1.82, 2.24) is 10.2 Å². The topological polar surface area (TPSA) is 58.6 Å². The second-order valence-corrected chi connectivity index (χ2v) is 9.78. The van der Waals surface area contributed by atoms with Crippen LogP contribution in [-0.2, 0) is 14.6 Å². The summed E-state index contributed by atoms with van der Waals surface area (Å²) in [5.74, 6) is 0.577. The molecule has 2 saturated heterocycles. The third-order valence-electron chi connectivity index (χ3n) is 4.30. The van der Waals surface area contributed by atoms with Crippen LogP contribution in [0, 0.1) is 0 Å². The molecule has 21 heavy (non-hydrogen) atoms. The maximum atomic E-state index is 11.6. The first-order chi connectivity index (χ1) is 9.65. The zero-order chi connectivity index (χ0) is 15.7. The molecule has 0 amide bonds. The van der Waals surface area contributed by atoms with Gasteiger partial charge in [-0.3, -0.25) is 4.90 Å². The highest BCUT2D eigenvalue weighted by molar-refractivity contribution is 7.91. The molecule has 0 radical (unpaired) electrons. The average molecular weight is 318 g/mol. The van der Waals surface area contributed by atoms with Crippen LogP contribution in [-0.4, -0.2) is 68.2 Å². The van der Waals surface area contributed by atoms with Crippen molar-refractivity contribution in [3.05, 3.63) is 0 Å². The van der Waals surface area contributed by atoms with E-state index in [4.69, 9.17) is 4.74 Å². The summed E-state index contributed by atoms with van der Waals surface area (Å²) in [7, 11) is -2.83. The summed E-state index contributed by atoms with van der Waals surface area (Å²) >= 11 is 0. The lowest BCUT2D eigenvalue weighted by Crippen LogP contribution is -2.49. The fourth-order valence-corrected chi connectivity index (χ4v) is 4.68. The van der Waals surface area contributed by atoms with Crippen molar-refractivity contribution < 1.29 is 13.2 Å². The lowest BCUT2D eigenvalue weighted by molar-refractivity contribution is 0.0157. The number of nitrogens with zero attached hydrogens (tertiary/aromatic N) is 1. The Kier molecular flexibility index (Phi) is 5.34. The van der Waals surface area contributed by atoms with E-state index in [0.717, 1.165) is 25.9 Å². The van der Waals surface area contributed by atoms with E-state index in [9.17, 15) is 8.42 Å². The van der Waals surface area contributed by atoms with Crippen molar-refractivity contribution in [2.75, 3.05) is 31.1 Å². The standard InChI is InChI=1S/C15H30N2O3S/c1-12-11-21(18,19)8-7-17(12)10-14-6-5-13(20-14)9-16-15(2,3)4/h12-14,16H,5-11H2,1-4H3. The largest absolute Gasteiger partial charge is 0.372 e. The second-order valence-electron chi connectivity index (χ2n) is 7.55. The molecule has 2 aliphatic rings. The summed E-state index contributed by atoms with van der Waals surface area (Å²) in [6, 6.07) is 0.110. The van der Waals surface area contributed by atoms with E-state index < -0.39 is 9.84 Å². The Morgan fingerprint density at radius 1 is 1.24 bits per heavy atom. The number of ether oxygens (including phenoxy) is 1. The molecule has 2 rings (SSSR count). The normalized spacial score (nSPS) is 34.2. The molecule has 0 aromatic rings. The molecular formula is C15H30N2O3S. The summed E-state index contributed by atoms with van der Waals surface area (Å²) in [4.78, 5) is 2.27. The number of sulfone groups is 1. The van der Waals surface area contributed by atoms with Crippen LogP contribution in [0.2, 0.25) is 0 Å². The van der Waals surface area contributed by atoms with E-state index in [1.54, 1.807) is 0 Å². The van der Waals surface area contributed by atoms with Gasteiger partial charge in [0.2, 0.25) is 0 Å². The van der Waals surface area contributed by atoms with Crippen molar-refractivity contribution in [3.8, 4) is 0 Å². The van der Waals surface area contributed by atoms with Crippen molar-refractivity contribution >= 4 is 9.84 Å². The van der Waals surface area contributed by atoms with Gasteiger partial charge in [0.25, 0.3) is 0 Å². The number of rotatable bonds is 4. The molecule has 2 aliphatic heterocycles. The van der Waals surface area contributed by atoms with Crippen LogP contribution < -0.4 is 5.32 Å². The maximum absolute atomic E-state index is 11.6. The van der Waals surface area contributed by atoms with Gasteiger partial charge in [0, 0.05) is 31.2 Å². The van der Waals surface area contributed by atoms with E-state index in [0.29, 0.717) is 12.3 Å². The summed E-state index contributed by atoms with van der Waals surface area (Å²) in [6.45, 7) is 10.9. The molecule has 124 valence electrons. The molecule has 1 N–H and O–H groups in total. The average Bonchev–Trinajstić information content (AvgIpc) is 2.77. The molecular weight excluding hydrogens is 288 g/mol. The molecule has 0 saturated carbocycles. The Hall–Kier alpha value is -0.170. The maximum Gasteiger partial charge on any atom is 0.153 e. The van der Waals surface area contributed by atoms with E-state index in [2.05, 4.69) is 31.0 Å². The molecule has 2 heterocycles. The summed E-state index contributed by atoms with van der Waals surface area (Å²) in [5, 5.41) is 3.49. The highest BCUT2D eigenvalue weighted by Gasteiger charge is 2.33. The molecule has 3 unspecified atom stereocenters. The predicted octanol–water partition coefficient (Wildman–Crippen LogP) is 1.04. The molecule has 3 atom stereocenters. The van der Waals surface area contributed by atoms with Crippen LogP contribution in [0.15, 0.2) is 0 Å². The summed E-state index contributed by atoms with van der Waals surface area (Å²) in [6.07, 6.45) is 2.71. The molecule has 0 aliphatic carbocycles. The Bertz CT molecular complexity index is 444. The Labute approximate surface area is 129 Å². The quantitative estimate of drug-likeness (QED) is 0.839. The van der Waals surface area contributed by atoms with Gasteiger partial charge in [-0.1, -0.05) is 0 Å². The van der Waals surface area contributed by atoms with Gasteiger partial charge >= 0.3 is 0 Å². The minimum atomic E-state index is -2.83. The van der Waals surface area contributed by atoms with E-state index in [-0.39, 0.29) is 29.5 Å². The van der Waals surface area contributed by atoms with Gasteiger partial charge in [-0.15, -0.1) is 0 Å². The van der Waals surface area contributed by atoms with Crippen molar-refractivity contribution in [1.29, 1.82) is 0 Å². The van der Waals surface area contributed by atoms with Gasteiger partial charge in [-0.2, -0.15) is 0 Å². The molecule has 0 spiro atoms. The van der Waals surface area contributed by atoms with Crippen molar-refractivity contribution in [2.24, 2.45) is 0 Å². The molecule has 2 fully saturated rings. The lowest BCUT2D eigenvalue weighted by Gasteiger charge is -2.34. The number of nitrogens with one attached hydrogen (secondary N) is 1. The van der Waals surface area contributed by atoms with Crippen LogP contribution in [0.1, 0.15) is 40.5 Å². The number of hydrogen-bond donors (Lipinski definition) is 1. The van der Waals surface area contributed by atoms with Gasteiger partial charge in [0.15, 0.2) is 9.84 Å².